The summed E-state index contributed by atoms with van der Waals surface area (Å²) in [6, 6.07) is 8.86. The van der Waals surface area contributed by atoms with Crippen molar-refractivity contribution in [2.45, 2.75) is 44.1 Å². The van der Waals surface area contributed by atoms with Crippen LogP contribution in [0.1, 0.15) is 42.7 Å². The second-order valence-electron chi connectivity index (χ2n) is 9.47. The average molecular weight is 438 g/mol. The van der Waals surface area contributed by atoms with Gasteiger partial charge >= 0.3 is 0 Å². The molecule has 2 aromatic carbocycles. The lowest BCUT2D eigenvalue weighted by molar-refractivity contribution is 0.141. The summed E-state index contributed by atoms with van der Waals surface area (Å²) in [5.41, 5.74) is 4.21. The SMILES string of the molecule is Fc1cc2c(c(N3CCN(C4CCC(c5c[nH]c6ccc(F)cc56)CC4)CC3)c1)OCC2. The largest absolute Gasteiger partial charge is 0.491 e. The molecule has 6 rings (SSSR count). The lowest BCUT2D eigenvalue weighted by Crippen LogP contribution is -2.51. The molecule has 1 saturated carbocycles. The van der Waals surface area contributed by atoms with Gasteiger partial charge in [-0.2, -0.15) is 0 Å². The summed E-state index contributed by atoms with van der Waals surface area (Å²) in [4.78, 5) is 8.21. The molecule has 0 radical (unpaired) electrons. The number of aromatic amines is 1. The third-order valence-corrected chi connectivity index (χ3v) is 7.71. The summed E-state index contributed by atoms with van der Waals surface area (Å²) in [7, 11) is 0. The predicted molar refractivity (Wildman–Crippen MR) is 123 cm³/mol. The van der Waals surface area contributed by atoms with Gasteiger partial charge in [0.1, 0.15) is 17.4 Å². The van der Waals surface area contributed by atoms with E-state index < -0.39 is 0 Å². The maximum absolute atomic E-state index is 14.1. The van der Waals surface area contributed by atoms with Gasteiger partial charge in [0.25, 0.3) is 0 Å². The molecule has 1 N–H and O–H groups in total. The number of aromatic nitrogens is 1. The van der Waals surface area contributed by atoms with E-state index in [9.17, 15) is 8.78 Å². The number of fused-ring (bicyclic) bond motifs is 2. The maximum atomic E-state index is 14.1. The van der Waals surface area contributed by atoms with Gasteiger partial charge in [-0.25, -0.2) is 8.78 Å². The van der Waals surface area contributed by atoms with Crippen molar-refractivity contribution in [2.75, 3.05) is 37.7 Å². The summed E-state index contributed by atoms with van der Waals surface area (Å²) in [6.45, 7) is 4.46. The number of hydrogen-bond acceptors (Lipinski definition) is 3. The van der Waals surface area contributed by atoms with Crippen LogP contribution < -0.4 is 9.64 Å². The Balaban J connectivity index is 1.09. The molecule has 2 aliphatic heterocycles. The number of ether oxygens (including phenoxy) is 1. The smallest absolute Gasteiger partial charge is 0.146 e. The fourth-order valence-electron chi connectivity index (χ4n) is 6.02. The van der Waals surface area contributed by atoms with Crippen molar-refractivity contribution in [2.24, 2.45) is 0 Å². The van der Waals surface area contributed by atoms with Crippen LogP contribution in [0.15, 0.2) is 36.5 Å². The lowest BCUT2D eigenvalue weighted by Gasteiger charge is -2.43. The van der Waals surface area contributed by atoms with Gasteiger partial charge in [0, 0.05) is 67.4 Å². The number of nitrogens with zero attached hydrogens (tertiary/aromatic N) is 2. The standard InChI is InChI=1S/C26H29F2N3O/c27-19-3-6-24-22(14-19)23(16-29-24)17-1-4-21(5-2-17)30-8-10-31(11-9-30)25-15-20(28)13-18-7-12-32-26(18)25/h3,6,13-17,21,29H,1-2,4-5,7-12H2. The van der Waals surface area contributed by atoms with Gasteiger partial charge in [0.2, 0.25) is 0 Å². The summed E-state index contributed by atoms with van der Waals surface area (Å²) in [6.07, 6.45) is 7.50. The predicted octanol–water partition coefficient (Wildman–Crippen LogP) is 5.23. The fourth-order valence-corrected chi connectivity index (χ4v) is 6.02. The van der Waals surface area contributed by atoms with E-state index >= 15 is 0 Å². The van der Waals surface area contributed by atoms with Gasteiger partial charge in [0.05, 0.1) is 12.3 Å². The van der Waals surface area contributed by atoms with E-state index in [2.05, 4.69) is 21.0 Å². The summed E-state index contributed by atoms with van der Waals surface area (Å²) in [5.74, 6) is 1.05. The van der Waals surface area contributed by atoms with E-state index in [1.807, 2.05) is 6.07 Å². The van der Waals surface area contributed by atoms with E-state index in [0.29, 0.717) is 18.6 Å². The molecule has 6 heteroatoms. The van der Waals surface area contributed by atoms with Crippen LogP contribution in [0.25, 0.3) is 10.9 Å². The molecule has 0 amide bonds. The van der Waals surface area contributed by atoms with E-state index in [0.717, 1.165) is 73.3 Å². The van der Waals surface area contributed by atoms with Gasteiger partial charge in [-0.3, -0.25) is 4.90 Å². The molecular formula is C26H29F2N3O. The Labute approximate surface area is 187 Å². The molecule has 4 nitrogen and oxygen atoms in total. The highest BCUT2D eigenvalue weighted by atomic mass is 19.1. The monoisotopic (exact) mass is 437 g/mol. The van der Waals surface area contributed by atoms with Gasteiger partial charge < -0.3 is 14.6 Å². The summed E-state index contributed by atoms with van der Waals surface area (Å²) in [5, 5.41) is 1.03. The van der Waals surface area contributed by atoms with Crippen molar-refractivity contribution < 1.29 is 13.5 Å². The third kappa shape index (κ3) is 3.54. The van der Waals surface area contributed by atoms with Crippen molar-refractivity contribution in [3.63, 3.8) is 0 Å². The first-order valence-electron chi connectivity index (χ1n) is 11.9. The van der Waals surface area contributed by atoms with Gasteiger partial charge in [0.15, 0.2) is 0 Å². The Morgan fingerprint density at radius 3 is 2.53 bits per heavy atom. The Kier molecular flexibility index (Phi) is 5.05. The second kappa shape index (κ2) is 8.07. The number of H-pyrrole nitrogens is 1. The molecule has 0 atom stereocenters. The minimum Gasteiger partial charge on any atom is -0.491 e. The first-order chi connectivity index (χ1) is 15.7. The van der Waals surface area contributed by atoms with Crippen molar-refractivity contribution in [3.8, 4) is 5.75 Å². The molecule has 168 valence electrons. The number of piperazine rings is 1. The highest BCUT2D eigenvalue weighted by molar-refractivity contribution is 5.83. The molecule has 1 aromatic heterocycles. The van der Waals surface area contributed by atoms with Crippen LogP contribution in [-0.4, -0.2) is 48.7 Å². The number of anilines is 1. The Morgan fingerprint density at radius 1 is 0.906 bits per heavy atom. The zero-order valence-corrected chi connectivity index (χ0v) is 18.2. The molecule has 2 fully saturated rings. The van der Waals surface area contributed by atoms with E-state index in [1.54, 1.807) is 18.2 Å². The minimum atomic E-state index is -0.167. The normalized spacial score (nSPS) is 24.0. The Bertz CT molecular complexity index is 1130. The van der Waals surface area contributed by atoms with E-state index in [-0.39, 0.29) is 11.6 Å². The molecule has 0 bridgehead atoms. The quantitative estimate of drug-likeness (QED) is 0.609. The molecule has 3 aromatic rings. The second-order valence-corrected chi connectivity index (χ2v) is 9.47. The highest BCUT2D eigenvalue weighted by Gasteiger charge is 2.31. The van der Waals surface area contributed by atoms with Gasteiger partial charge in [-0.1, -0.05) is 0 Å². The van der Waals surface area contributed by atoms with E-state index in [4.69, 9.17) is 4.74 Å². The number of hydrogen-bond donors (Lipinski definition) is 1. The molecule has 0 spiro atoms. The molecule has 3 aliphatic rings. The average Bonchev–Trinajstić information content (AvgIpc) is 3.45. The molecular weight excluding hydrogens is 408 g/mol. The number of halogens is 2. The van der Waals surface area contributed by atoms with Crippen LogP contribution in [0.2, 0.25) is 0 Å². The zero-order valence-electron chi connectivity index (χ0n) is 18.2. The van der Waals surface area contributed by atoms with Crippen LogP contribution in [0.4, 0.5) is 14.5 Å². The molecule has 32 heavy (non-hydrogen) atoms. The lowest BCUT2D eigenvalue weighted by atomic mass is 9.81. The summed E-state index contributed by atoms with van der Waals surface area (Å²) >= 11 is 0. The Morgan fingerprint density at radius 2 is 1.72 bits per heavy atom. The molecule has 0 unspecified atom stereocenters. The van der Waals surface area contributed by atoms with Crippen molar-refractivity contribution in [1.82, 2.24) is 9.88 Å². The van der Waals surface area contributed by atoms with Gasteiger partial charge in [-0.15, -0.1) is 0 Å². The number of nitrogens with one attached hydrogen (secondary N) is 1. The van der Waals surface area contributed by atoms with Gasteiger partial charge in [-0.05, 0) is 61.4 Å². The topological polar surface area (TPSA) is 31.5 Å². The maximum Gasteiger partial charge on any atom is 0.146 e. The van der Waals surface area contributed by atoms with Crippen LogP contribution >= 0.6 is 0 Å². The van der Waals surface area contributed by atoms with Crippen LogP contribution in [0.5, 0.6) is 5.75 Å². The molecule has 3 heterocycles. The molecule has 1 saturated heterocycles. The van der Waals surface area contributed by atoms with E-state index in [1.165, 1.54) is 24.5 Å². The number of rotatable bonds is 3. The summed E-state index contributed by atoms with van der Waals surface area (Å²) < 4.78 is 33.7. The fraction of sp³-hybridized carbons (Fsp3) is 0.462. The first-order valence-corrected chi connectivity index (χ1v) is 11.9. The highest BCUT2D eigenvalue weighted by Crippen LogP contribution is 2.40. The molecule has 1 aliphatic carbocycles. The first kappa shape index (κ1) is 20.0. The van der Waals surface area contributed by atoms with Crippen LogP contribution in [-0.2, 0) is 6.42 Å². The van der Waals surface area contributed by atoms with Crippen LogP contribution in [0, 0.1) is 11.6 Å². The Hall–Kier alpha value is -2.60. The minimum absolute atomic E-state index is 0.165. The number of benzene rings is 2. The van der Waals surface area contributed by atoms with Crippen molar-refractivity contribution in [3.05, 3.63) is 59.3 Å². The van der Waals surface area contributed by atoms with Crippen molar-refractivity contribution in [1.29, 1.82) is 0 Å². The van der Waals surface area contributed by atoms with Crippen LogP contribution in [0.3, 0.4) is 0 Å². The third-order valence-electron chi connectivity index (χ3n) is 7.71. The zero-order chi connectivity index (χ0) is 21.7. The van der Waals surface area contributed by atoms with Crippen molar-refractivity contribution >= 4 is 16.6 Å².